The summed E-state index contributed by atoms with van der Waals surface area (Å²) in [6.45, 7) is 3.08. The number of anilines is 2. The molecule has 0 spiro atoms. The number of hydrogen-bond acceptors (Lipinski definition) is 12. The Balaban J connectivity index is 0.000000270. The summed E-state index contributed by atoms with van der Waals surface area (Å²) in [6.07, 6.45) is 6.26. The molecule has 2 aliphatic carbocycles. The Morgan fingerprint density at radius 3 is 1.31 bits per heavy atom. The van der Waals surface area contributed by atoms with E-state index < -0.39 is 19.7 Å². The molecule has 0 amide bonds. The summed E-state index contributed by atoms with van der Waals surface area (Å²) in [5.74, 6) is -0.978. The third-order valence-electron chi connectivity index (χ3n) is 7.72. The van der Waals surface area contributed by atoms with Crippen LogP contribution in [-0.4, -0.2) is 61.5 Å². The molecule has 52 heavy (non-hydrogen) atoms. The summed E-state index contributed by atoms with van der Waals surface area (Å²) in [5, 5.41) is 28.1. The Morgan fingerprint density at radius 1 is 0.577 bits per heavy atom. The molecule has 1 radical (unpaired) electrons. The van der Waals surface area contributed by atoms with Crippen molar-refractivity contribution in [1.29, 1.82) is 0 Å². The van der Waals surface area contributed by atoms with Crippen molar-refractivity contribution in [2.45, 2.75) is 23.6 Å². The van der Waals surface area contributed by atoms with Crippen LogP contribution in [0.1, 0.15) is 36.1 Å². The Hall–Kier alpha value is -4.35. The fourth-order valence-corrected chi connectivity index (χ4v) is 6.68. The van der Waals surface area contributed by atoms with E-state index in [9.17, 15) is 36.6 Å². The molecule has 0 saturated carbocycles. The van der Waals surface area contributed by atoms with Crippen LogP contribution in [0.3, 0.4) is 0 Å². The average Bonchev–Trinajstić information content (AvgIpc) is 3.12. The van der Waals surface area contributed by atoms with E-state index >= 15 is 0 Å². The van der Waals surface area contributed by atoms with Gasteiger partial charge in [-0.15, -0.1) is 0 Å². The van der Waals surface area contributed by atoms with Crippen molar-refractivity contribution in [3.05, 3.63) is 119 Å². The number of aromatic hydroxyl groups is 2. The summed E-state index contributed by atoms with van der Waals surface area (Å²) in [6, 6.07) is 22.4. The van der Waals surface area contributed by atoms with Gasteiger partial charge in [0.05, 0.1) is 32.7 Å². The summed E-state index contributed by atoms with van der Waals surface area (Å²) >= 11 is 0. The van der Waals surface area contributed by atoms with E-state index in [1.807, 2.05) is 24.3 Å². The van der Waals surface area contributed by atoms with Gasteiger partial charge in [0.15, 0.2) is 19.7 Å². The maximum atomic E-state index is 12.1. The van der Waals surface area contributed by atoms with Crippen LogP contribution < -0.4 is 40.4 Å². The second kappa shape index (κ2) is 17.9. The van der Waals surface area contributed by atoms with Crippen molar-refractivity contribution in [1.82, 2.24) is 0 Å². The first-order valence-corrected chi connectivity index (χ1v) is 18.6. The monoisotopic (exact) mass is 794 g/mol. The van der Waals surface area contributed by atoms with Crippen LogP contribution in [-0.2, 0) is 46.0 Å². The van der Waals surface area contributed by atoms with E-state index in [1.165, 1.54) is 48.6 Å². The zero-order chi connectivity index (χ0) is 36.1. The molecule has 0 atom stereocenters. The average molecular weight is 795 g/mol. The van der Waals surface area contributed by atoms with E-state index in [1.54, 1.807) is 50.3 Å². The van der Waals surface area contributed by atoms with Crippen molar-refractivity contribution in [2.24, 2.45) is 10.2 Å². The van der Waals surface area contributed by atoms with Gasteiger partial charge in [-0.2, -0.15) is 10.2 Å². The Kier molecular flexibility index (Phi) is 14.5. The number of hydrazone groups is 2. The molecule has 265 valence electrons. The molecule has 6 rings (SSSR count). The van der Waals surface area contributed by atoms with Crippen LogP contribution in [0.4, 0.5) is 11.4 Å². The standard InChI is InChI=1S/2C18H16N2O4S.Co.Na/c2*1-2-25(23,24)13-8-10-16(21)15(11-13)19-20-18-14-6-4-3-5-12(14)7-9-17(18)22;;/h2*3-11,19,21H,2H2,1H3;;/q;;;+1/b2*20-18-;;. The number of phenolic OH excluding ortho intramolecular Hbond substituents is 2. The maximum absolute atomic E-state index is 12.1. The SMILES string of the molecule is CCS(=O)(=O)c1ccc(O)c(N/N=C2\C(=O)C=Cc3ccccc32)c1.CCS(=O)(=O)c1ccc(O)c(N/N=C2\C(=O)C=Cc3ccccc32)c1.[Co].[Na+]. The van der Waals surface area contributed by atoms with E-state index in [4.69, 9.17) is 0 Å². The summed E-state index contributed by atoms with van der Waals surface area (Å²) in [7, 11) is -6.84. The molecule has 4 aromatic rings. The predicted octanol–water partition coefficient (Wildman–Crippen LogP) is 2.20. The summed E-state index contributed by atoms with van der Waals surface area (Å²) in [5.41, 5.74) is 8.88. The second-order valence-electron chi connectivity index (χ2n) is 10.9. The first-order valence-electron chi connectivity index (χ1n) is 15.3. The molecule has 4 N–H and O–H groups in total. The van der Waals surface area contributed by atoms with Crippen LogP contribution in [0.2, 0.25) is 0 Å². The third kappa shape index (κ3) is 9.54. The molecule has 0 unspecified atom stereocenters. The van der Waals surface area contributed by atoms with E-state index in [2.05, 4.69) is 21.1 Å². The minimum absolute atomic E-state index is 0. The van der Waals surface area contributed by atoms with Gasteiger partial charge in [0.25, 0.3) is 0 Å². The summed E-state index contributed by atoms with van der Waals surface area (Å²) in [4.78, 5) is 24.4. The normalized spacial score (nSPS) is 14.7. The number of phenols is 2. The van der Waals surface area contributed by atoms with Gasteiger partial charge in [-0.3, -0.25) is 20.4 Å². The molecule has 0 saturated heterocycles. The number of nitrogens with zero attached hydrogens (tertiary/aromatic N) is 2. The van der Waals surface area contributed by atoms with Crippen LogP contribution in [0, 0.1) is 0 Å². The molecular weight excluding hydrogens is 762 g/mol. The van der Waals surface area contributed by atoms with E-state index in [0.717, 1.165) is 11.1 Å². The molecule has 16 heteroatoms. The van der Waals surface area contributed by atoms with Gasteiger partial charge in [0.1, 0.15) is 22.9 Å². The molecule has 4 aromatic carbocycles. The van der Waals surface area contributed by atoms with Gasteiger partial charge in [0, 0.05) is 27.9 Å². The number of carbonyl (C=O) groups excluding carboxylic acids is 2. The van der Waals surface area contributed by atoms with Crippen LogP contribution >= 0.6 is 0 Å². The number of fused-ring (bicyclic) bond motifs is 2. The molecule has 0 aliphatic heterocycles. The smallest absolute Gasteiger partial charge is 0.506 e. The number of rotatable bonds is 8. The van der Waals surface area contributed by atoms with Gasteiger partial charge in [-0.1, -0.05) is 74.5 Å². The van der Waals surface area contributed by atoms with Crippen molar-refractivity contribution in [3.8, 4) is 11.5 Å². The summed E-state index contributed by atoms with van der Waals surface area (Å²) < 4.78 is 47.9. The molecular formula is C36H32CoN4NaO8S2+. The predicted molar refractivity (Wildman–Crippen MR) is 193 cm³/mol. The second-order valence-corrected chi connectivity index (χ2v) is 15.4. The van der Waals surface area contributed by atoms with Gasteiger partial charge in [-0.05, 0) is 59.7 Å². The van der Waals surface area contributed by atoms with E-state index in [-0.39, 0.29) is 113 Å². The molecule has 2 aliphatic rings. The fraction of sp³-hybridized carbons (Fsp3) is 0.111. The van der Waals surface area contributed by atoms with Crippen molar-refractivity contribution in [3.63, 3.8) is 0 Å². The Bertz CT molecular complexity index is 2190. The largest absolute Gasteiger partial charge is 1.00 e. The Morgan fingerprint density at radius 2 is 0.942 bits per heavy atom. The van der Waals surface area contributed by atoms with Gasteiger partial charge >= 0.3 is 29.6 Å². The maximum Gasteiger partial charge on any atom is 1.00 e. The minimum atomic E-state index is -3.42. The van der Waals surface area contributed by atoms with Gasteiger partial charge < -0.3 is 10.2 Å². The molecule has 0 heterocycles. The van der Waals surface area contributed by atoms with Crippen molar-refractivity contribution in [2.75, 3.05) is 22.4 Å². The van der Waals surface area contributed by atoms with Gasteiger partial charge in [-0.25, -0.2) is 16.8 Å². The first-order chi connectivity index (χ1) is 23.8. The van der Waals surface area contributed by atoms with E-state index in [0.29, 0.717) is 11.1 Å². The quantitative estimate of drug-likeness (QED) is 0.117. The van der Waals surface area contributed by atoms with Crippen molar-refractivity contribution < 1.29 is 83.0 Å². The molecule has 0 bridgehead atoms. The number of nitrogens with one attached hydrogen (secondary N) is 2. The first kappa shape index (κ1) is 42.1. The van der Waals surface area contributed by atoms with Crippen LogP contribution in [0.15, 0.2) is 117 Å². The zero-order valence-corrected chi connectivity index (χ0v) is 32.9. The van der Waals surface area contributed by atoms with Crippen molar-refractivity contribution >= 4 is 66.2 Å². The number of hydrogen-bond donors (Lipinski definition) is 4. The van der Waals surface area contributed by atoms with Crippen LogP contribution in [0.25, 0.3) is 12.2 Å². The fourth-order valence-electron chi connectivity index (χ4n) is 4.86. The van der Waals surface area contributed by atoms with Crippen LogP contribution in [0.5, 0.6) is 11.5 Å². The molecule has 0 fully saturated rings. The zero-order valence-electron chi connectivity index (χ0n) is 28.2. The molecule has 12 nitrogen and oxygen atoms in total. The number of ketones is 2. The minimum Gasteiger partial charge on any atom is -0.506 e. The number of carbonyl (C=O) groups is 2. The third-order valence-corrected chi connectivity index (χ3v) is 11.2. The number of benzene rings is 4. The van der Waals surface area contributed by atoms with Gasteiger partial charge in [0.2, 0.25) is 11.6 Å². The number of allylic oxidation sites excluding steroid dienone is 2. The number of sulfone groups is 2. The topological polar surface area (TPSA) is 192 Å². The Labute approximate surface area is 333 Å². The molecule has 0 aromatic heterocycles.